The summed E-state index contributed by atoms with van der Waals surface area (Å²) in [5.74, 6) is -0.548. The van der Waals surface area contributed by atoms with Gasteiger partial charge in [-0.25, -0.2) is 4.39 Å². The molecular formula is C32H32BrFN4O5. The number of nitrogens with one attached hydrogen (secondary N) is 3. The van der Waals surface area contributed by atoms with Crippen LogP contribution < -0.4 is 30.2 Å². The first-order chi connectivity index (χ1) is 20.9. The topological polar surface area (TPSA) is 111 Å². The van der Waals surface area contributed by atoms with Gasteiger partial charge >= 0.3 is 11.8 Å². The van der Waals surface area contributed by atoms with Crippen molar-refractivity contribution in [3.63, 3.8) is 0 Å². The second-order valence-electron chi connectivity index (χ2n) is 10.1. The lowest BCUT2D eigenvalue weighted by Gasteiger charge is -2.23. The average molecular weight is 652 g/mol. The predicted octanol–water partition coefficient (Wildman–Crippen LogP) is 5.61. The third-order valence-corrected chi connectivity index (χ3v) is 7.95. The number of halogens is 2. The molecular weight excluding hydrogens is 619 g/mol. The Labute approximate surface area is 257 Å². The third kappa shape index (κ3) is 7.79. The minimum Gasteiger partial charge on any atom is -0.493 e. The lowest BCUT2D eigenvalue weighted by atomic mass is 9.99. The summed E-state index contributed by atoms with van der Waals surface area (Å²) in [5.41, 5.74) is 1.73. The van der Waals surface area contributed by atoms with Gasteiger partial charge in [0.2, 0.25) is 0 Å². The summed E-state index contributed by atoms with van der Waals surface area (Å²) in [4.78, 5) is 29.1. The van der Waals surface area contributed by atoms with E-state index < -0.39 is 17.6 Å². The van der Waals surface area contributed by atoms with Crippen LogP contribution >= 0.6 is 15.9 Å². The predicted molar refractivity (Wildman–Crippen MR) is 165 cm³/mol. The van der Waals surface area contributed by atoms with Crippen molar-refractivity contribution in [1.29, 1.82) is 0 Å². The van der Waals surface area contributed by atoms with Crippen LogP contribution in [0.5, 0.6) is 23.0 Å². The number of methoxy groups -OCH3 is 1. The standard InChI is InChI=1S/C32H32BrFN4O5/c1-41-29-17-23-26(18-30(29)42-19-20-8-12-35-13-9-20)36-15-11-27(23)43-28-7-6-22(16-25(28)34)38-32(40)31(39)37-14-10-21-4-2-3-5-24(21)33/h2-7,11,15-18,20,35H,8-10,12-14,19H2,1H3,(H,37,39)(H,38,40). The molecule has 1 aromatic heterocycles. The quantitative estimate of drug-likeness (QED) is 0.191. The van der Waals surface area contributed by atoms with E-state index in [0.717, 1.165) is 42.0 Å². The maximum atomic E-state index is 15.1. The Bertz CT molecular complexity index is 1610. The minimum atomic E-state index is -0.898. The van der Waals surface area contributed by atoms with Crippen molar-refractivity contribution in [2.24, 2.45) is 5.92 Å². The first kappa shape index (κ1) is 30.2. The summed E-state index contributed by atoms with van der Waals surface area (Å²) < 4.78 is 33.6. The van der Waals surface area contributed by atoms with Crippen molar-refractivity contribution >= 4 is 44.3 Å². The molecule has 1 fully saturated rings. The van der Waals surface area contributed by atoms with Gasteiger partial charge in [0, 0.05) is 40.4 Å². The van der Waals surface area contributed by atoms with Crippen LogP contribution in [0.2, 0.25) is 0 Å². The van der Waals surface area contributed by atoms with Gasteiger partial charge in [-0.05, 0) is 74.2 Å². The number of hydrogen-bond acceptors (Lipinski definition) is 7. The summed E-state index contributed by atoms with van der Waals surface area (Å²) in [7, 11) is 1.56. The van der Waals surface area contributed by atoms with Crippen molar-refractivity contribution in [1.82, 2.24) is 15.6 Å². The number of carbonyl (C=O) groups excluding carboxylic acids is 2. The fourth-order valence-electron chi connectivity index (χ4n) is 4.81. The number of hydrogen-bond donors (Lipinski definition) is 3. The number of amides is 2. The molecule has 11 heteroatoms. The van der Waals surface area contributed by atoms with Crippen molar-refractivity contribution in [3.05, 3.63) is 82.7 Å². The lowest BCUT2D eigenvalue weighted by Crippen LogP contribution is -2.36. The molecule has 0 spiro atoms. The molecule has 2 amide bonds. The zero-order chi connectivity index (χ0) is 30.2. The van der Waals surface area contributed by atoms with Crippen LogP contribution in [0.15, 0.2) is 71.3 Å². The van der Waals surface area contributed by atoms with E-state index >= 15 is 4.39 Å². The molecule has 224 valence electrons. The van der Waals surface area contributed by atoms with Crippen LogP contribution in [0.3, 0.4) is 0 Å². The Morgan fingerprint density at radius 3 is 2.58 bits per heavy atom. The molecule has 0 aliphatic carbocycles. The number of ether oxygens (including phenoxy) is 3. The van der Waals surface area contributed by atoms with E-state index in [1.54, 1.807) is 31.5 Å². The second kappa shape index (κ2) is 14.3. The summed E-state index contributed by atoms with van der Waals surface area (Å²) in [6, 6.07) is 16.7. The molecule has 0 atom stereocenters. The fourth-order valence-corrected chi connectivity index (χ4v) is 5.29. The number of rotatable bonds is 10. The van der Waals surface area contributed by atoms with Crippen LogP contribution in [-0.4, -0.2) is 50.1 Å². The molecule has 3 aromatic carbocycles. The molecule has 4 aromatic rings. The first-order valence-corrected chi connectivity index (χ1v) is 14.8. The highest BCUT2D eigenvalue weighted by Gasteiger charge is 2.18. The van der Waals surface area contributed by atoms with Gasteiger partial charge in [0.05, 0.1) is 19.2 Å². The molecule has 1 aliphatic heterocycles. The Morgan fingerprint density at radius 1 is 1.00 bits per heavy atom. The number of nitrogens with zero attached hydrogens (tertiary/aromatic N) is 1. The zero-order valence-corrected chi connectivity index (χ0v) is 25.2. The van der Waals surface area contributed by atoms with Gasteiger partial charge in [-0.15, -0.1) is 0 Å². The van der Waals surface area contributed by atoms with Gasteiger partial charge < -0.3 is 30.2 Å². The van der Waals surface area contributed by atoms with Crippen molar-refractivity contribution in [3.8, 4) is 23.0 Å². The van der Waals surface area contributed by atoms with Crippen LogP contribution in [0.25, 0.3) is 10.9 Å². The molecule has 5 rings (SSSR count). The Balaban J connectivity index is 1.22. The van der Waals surface area contributed by atoms with E-state index in [4.69, 9.17) is 14.2 Å². The van der Waals surface area contributed by atoms with E-state index in [1.165, 1.54) is 12.1 Å². The maximum Gasteiger partial charge on any atom is 0.313 e. The number of fused-ring (bicyclic) bond motifs is 1. The summed E-state index contributed by atoms with van der Waals surface area (Å²) >= 11 is 3.46. The number of anilines is 1. The molecule has 0 unspecified atom stereocenters. The van der Waals surface area contributed by atoms with Gasteiger partial charge in [-0.2, -0.15) is 0 Å². The molecule has 1 aliphatic rings. The average Bonchev–Trinajstić information content (AvgIpc) is 3.02. The Kier molecular flexibility index (Phi) is 10.1. The molecule has 0 radical (unpaired) electrons. The molecule has 2 heterocycles. The van der Waals surface area contributed by atoms with E-state index in [1.807, 2.05) is 24.3 Å². The van der Waals surface area contributed by atoms with Crippen LogP contribution in [0.4, 0.5) is 10.1 Å². The lowest BCUT2D eigenvalue weighted by molar-refractivity contribution is -0.136. The van der Waals surface area contributed by atoms with E-state index in [2.05, 4.69) is 36.9 Å². The highest BCUT2D eigenvalue weighted by Crippen LogP contribution is 2.38. The van der Waals surface area contributed by atoms with Crippen LogP contribution in [0.1, 0.15) is 18.4 Å². The fraction of sp³-hybridized carbons (Fsp3) is 0.281. The number of carbonyl (C=O) groups is 2. The van der Waals surface area contributed by atoms with Gasteiger partial charge in [0.15, 0.2) is 23.1 Å². The molecule has 43 heavy (non-hydrogen) atoms. The van der Waals surface area contributed by atoms with Crippen LogP contribution in [0, 0.1) is 11.7 Å². The van der Waals surface area contributed by atoms with Gasteiger partial charge in [0.25, 0.3) is 0 Å². The molecule has 0 bridgehead atoms. The molecule has 1 saturated heterocycles. The number of piperidine rings is 1. The zero-order valence-electron chi connectivity index (χ0n) is 23.6. The normalized spacial score (nSPS) is 13.4. The van der Waals surface area contributed by atoms with E-state index in [-0.39, 0.29) is 18.0 Å². The van der Waals surface area contributed by atoms with Crippen molar-refractivity contribution in [2.75, 3.05) is 38.7 Å². The Morgan fingerprint density at radius 2 is 1.81 bits per heavy atom. The van der Waals surface area contributed by atoms with Gasteiger partial charge in [-0.1, -0.05) is 34.1 Å². The smallest absolute Gasteiger partial charge is 0.313 e. The molecule has 0 saturated carbocycles. The minimum absolute atomic E-state index is 0.0615. The first-order valence-electron chi connectivity index (χ1n) is 14.0. The van der Waals surface area contributed by atoms with Crippen molar-refractivity contribution in [2.45, 2.75) is 19.3 Å². The third-order valence-electron chi connectivity index (χ3n) is 7.17. The van der Waals surface area contributed by atoms with E-state index in [0.29, 0.717) is 47.1 Å². The number of benzene rings is 3. The Hall–Kier alpha value is -4.22. The summed E-state index contributed by atoms with van der Waals surface area (Å²) in [6.45, 7) is 2.82. The summed E-state index contributed by atoms with van der Waals surface area (Å²) in [6.07, 6.45) is 4.23. The highest BCUT2D eigenvalue weighted by atomic mass is 79.9. The summed E-state index contributed by atoms with van der Waals surface area (Å²) in [5, 5.41) is 8.96. The second-order valence-corrected chi connectivity index (χ2v) is 11.0. The van der Waals surface area contributed by atoms with Gasteiger partial charge in [0.1, 0.15) is 5.75 Å². The number of aromatic nitrogens is 1. The maximum absolute atomic E-state index is 15.1. The molecule has 3 N–H and O–H groups in total. The highest BCUT2D eigenvalue weighted by molar-refractivity contribution is 9.10. The largest absolute Gasteiger partial charge is 0.493 e. The van der Waals surface area contributed by atoms with Gasteiger partial charge in [-0.3, -0.25) is 14.6 Å². The monoisotopic (exact) mass is 650 g/mol. The molecule has 9 nitrogen and oxygen atoms in total. The van der Waals surface area contributed by atoms with Crippen LogP contribution in [-0.2, 0) is 16.0 Å². The number of pyridine rings is 1. The SMILES string of the molecule is COc1cc2c(Oc3ccc(NC(=O)C(=O)NCCc4ccccc4Br)cc3F)ccnc2cc1OCC1CCNCC1. The van der Waals surface area contributed by atoms with E-state index in [9.17, 15) is 9.59 Å². The van der Waals surface area contributed by atoms with Crippen molar-refractivity contribution < 1.29 is 28.2 Å².